The maximum Gasteiger partial charge on any atom is 0.336 e. The predicted molar refractivity (Wildman–Crippen MR) is 128 cm³/mol. The molecule has 0 aliphatic carbocycles. The van der Waals surface area contributed by atoms with Gasteiger partial charge in [-0.3, -0.25) is 5.32 Å². The first-order valence-corrected chi connectivity index (χ1v) is 11.4. The number of carboxylic acids is 1. The zero-order chi connectivity index (χ0) is 22.5. The summed E-state index contributed by atoms with van der Waals surface area (Å²) in [5.41, 5.74) is 4.21. The normalized spacial score (nSPS) is 12.1. The molecule has 4 aromatic rings. The van der Waals surface area contributed by atoms with Crippen molar-refractivity contribution in [2.75, 3.05) is 0 Å². The SMILES string of the molecule is CC(C)c1ccc(-c2ccnc(C(NCc3ccccc3C(=O)O)c3cccs3)n2)cc1. The standard InChI is InChI=1S/C26H25N3O2S/c1-17(2)18-9-11-19(12-10-18)22-13-14-27-25(29-22)24(23-8-5-15-32-23)28-16-20-6-3-4-7-21(20)26(30)31/h3-15,17,24,28H,16H2,1-2H3,(H,30,31). The molecule has 2 aromatic heterocycles. The van der Waals surface area contributed by atoms with E-state index in [4.69, 9.17) is 4.98 Å². The minimum absolute atomic E-state index is 0.244. The molecule has 1 atom stereocenters. The van der Waals surface area contributed by atoms with Crippen molar-refractivity contribution < 1.29 is 9.90 Å². The Kier molecular flexibility index (Phi) is 6.73. The Balaban J connectivity index is 1.63. The smallest absolute Gasteiger partial charge is 0.336 e. The van der Waals surface area contributed by atoms with Gasteiger partial charge in [-0.05, 0) is 40.6 Å². The Labute approximate surface area is 191 Å². The molecule has 1 unspecified atom stereocenters. The van der Waals surface area contributed by atoms with Crippen molar-refractivity contribution in [3.05, 3.63) is 106 Å². The molecular formula is C26H25N3O2S. The molecule has 0 aliphatic heterocycles. The maximum atomic E-state index is 11.6. The average Bonchev–Trinajstić information content (AvgIpc) is 3.34. The van der Waals surface area contributed by atoms with Crippen LogP contribution in [0.5, 0.6) is 0 Å². The molecule has 0 saturated carbocycles. The Morgan fingerprint density at radius 3 is 2.50 bits per heavy atom. The molecule has 2 heterocycles. The molecule has 32 heavy (non-hydrogen) atoms. The van der Waals surface area contributed by atoms with Crippen LogP contribution in [0.15, 0.2) is 78.3 Å². The van der Waals surface area contributed by atoms with Crippen molar-refractivity contribution in [3.8, 4) is 11.3 Å². The summed E-state index contributed by atoms with van der Waals surface area (Å²) in [6.45, 7) is 4.75. The first kappa shape index (κ1) is 21.9. The minimum Gasteiger partial charge on any atom is -0.478 e. The van der Waals surface area contributed by atoms with E-state index in [1.807, 2.05) is 35.7 Å². The van der Waals surface area contributed by atoms with Crippen molar-refractivity contribution >= 4 is 17.3 Å². The second kappa shape index (κ2) is 9.85. The van der Waals surface area contributed by atoms with Crippen LogP contribution in [0.3, 0.4) is 0 Å². The van der Waals surface area contributed by atoms with Gasteiger partial charge in [0.1, 0.15) is 6.04 Å². The molecule has 5 nitrogen and oxygen atoms in total. The van der Waals surface area contributed by atoms with Crippen molar-refractivity contribution in [3.63, 3.8) is 0 Å². The van der Waals surface area contributed by atoms with E-state index < -0.39 is 5.97 Å². The van der Waals surface area contributed by atoms with E-state index in [2.05, 4.69) is 48.4 Å². The number of carbonyl (C=O) groups is 1. The van der Waals surface area contributed by atoms with Gasteiger partial charge in [0, 0.05) is 23.2 Å². The first-order chi connectivity index (χ1) is 15.5. The van der Waals surface area contributed by atoms with Gasteiger partial charge in [-0.1, -0.05) is 62.4 Å². The van der Waals surface area contributed by atoms with E-state index in [1.165, 1.54) is 5.56 Å². The third-order valence-electron chi connectivity index (χ3n) is 5.38. The highest BCUT2D eigenvalue weighted by Gasteiger charge is 2.20. The Bertz CT molecular complexity index is 1190. The minimum atomic E-state index is -0.932. The average molecular weight is 444 g/mol. The lowest BCUT2D eigenvalue weighted by Crippen LogP contribution is -2.24. The number of hydrogen-bond donors (Lipinski definition) is 2. The highest BCUT2D eigenvalue weighted by molar-refractivity contribution is 7.10. The lowest BCUT2D eigenvalue weighted by Gasteiger charge is -2.18. The number of carboxylic acid groups (broad SMARTS) is 1. The fourth-order valence-electron chi connectivity index (χ4n) is 3.58. The zero-order valence-corrected chi connectivity index (χ0v) is 18.8. The number of aromatic carboxylic acids is 1. The summed E-state index contributed by atoms with van der Waals surface area (Å²) in [6.07, 6.45) is 1.78. The third-order valence-corrected chi connectivity index (χ3v) is 6.31. The number of benzene rings is 2. The third kappa shape index (κ3) is 4.93. The van der Waals surface area contributed by atoms with Gasteiger partial charge in [-0.2, -0.15) is 0 Å². The molecule has 0 amide bonds. The van der Waals surface area contributed by atoms with Gasteiger partial charge < -0.3 is 5.11 Å². The highest BCUT2D eigenvalue weighted by Crippen LogP contribution is 2.27. The number of nitrogens with one attached hydrogen (secondary N) is 1. The van der Waals surface area contributed by atoms with E-state index in [0.29, 0.717) is 23.9 Å². The van der Waals surface area contributed by atoms with Crippen molar-refractivity contribution in [1.29, 1.82) is 0 Å². The van der Waals surface area contributed by atoms with Crippen LogP contribution >= 0.6 is 11.3 Å². The molecule has 0 fully saturated rings. The number of nitrogens with zero attached hydrogens (tertiary/aromatic N) is 2. The predicted octanol–water partition coefficient (Wildman–Crippen LogP) is 5.91. The van der Waals surface area contributed by atoms with E-state index in [1.54, 1.807) is 29.7 Å². The van der Waals surface area contributed by atoms with Crippen LogP contribution in [0.1, 0.15) is 58.0 Å². The quantitative estimate of drug-likeness (QED) is 0.354. The Hall–Kier alpha value is -3.35. The molecular weight excluding hydrogens is 418 g/mol. The van der Waals surface area contributed by atoms with Crippen LogP contribution in [0.2, 0.25) is 0 Å². The second-order valence-electron chi connectivity index (χ2n) is 7.87. The van der Waals surface area contributed by atoms with Gasteiger partial charge in [0.2, 0.25) is 0 Å². The lowest BCUT2D eigenvalue weighted by atomic mass is 10.0. The first-order valence-electron chi connectivity index (χ1n) is 10.5. The summed E-state index contributed by atoms with van der Waals surface area (Å²) >= 11 is 1.62. The van der Waals surface area contributed by atoms with Gasteiger partial charge in [-0.15, -0.1) is 11.3 Å². The molecule has 0 bridgehead atoms. The van der Waals surface area contributed by atoms with Crippen molar-refractivity contribution in [2.45, 2.75) is 32.4 Å². The summed E-state index contributed by atoms with van der Waals surface area (Å²) in [5.74, 6) is 0.204. The number of aromatic nitrogens is 2. The molecule has 4 rings (SSSR count). The molecule has 0 aliphatic rings. The largest absolute Gasteiger partial charge is 0.478 e. The Morgan fingerprint density at radius 2 is 1.81 bits per heavy atom. The Morgan fingerprint density at radius 1 is 1.03 bits per heavy atom. The van der Waals surface area contributed by atoms with Crippen molar-refractivity contribution in [1.82, 2.24) is 15.3 Å². The number of thiophene rings is 1. The highest BCUT2D eigenvalue weighted by atomic mass is 32.1. The van der Waals surface area contributed by atoms with Crippen molar-refractivity contribution in [2.24, 2.45) is 0 Å². The molecule has 162 valence electrons. The van der Waals surface area contributed by atoms with Gasteiger partial charge in [0.05, 0.1) is 11.3 Å². The van der Waals surface area contributed by atoms with Crippen LogP contribution in [0.25, 0.3) is 11.3 Å². The van der Waals surface area contributed by atoms with E-state index in [-0.39, 0.29) is 6.04 Å². The summed E-state index contributed by atoms with van der Waals surface area (Å²) in [7, 11) is 0. The van der Waals surface area contributed by atoms with Crippen LogP contribution in [-0.2, 0) is 6.54 Å². The summed E-state index contributed by atoms with van der Waals surface area (Å²) in [5, 5.41) is 15.0. The summed E-state index contributed by atoms with van der Waals surface area (Å²) < 4.78 is 0. The molecule has 2 N–H and O–H groups in total. The van der Waals surface area contributed by atoms with E-state index in [0.717, 1.165) is 21.7 Å². The van der Waals surface area contributed by atoms with Crippen LogP contribution in [0, 0.1) is 0 Å². The van der Waals surface area contributed by atoms with E-state index >= 15 is 0 Å². The van der Waals surface area contributed by atoms with Gasteiger partial charge in [0.15, 0.2) is 5.82 Å². The fraction of sp³-hybridized carbons (Fsp3) is 0.192. The van der Waals surface area contributed by atoms with Crippen LogP contribution in [-0.4, -0.2) is 21.0 Å². The summed E-state index contributed by atoms with van der Waals surface area (Å²) in [6, 6.07) is 21.2. The monoisotopic (exact) mass is 443 g/mol. The molecule has 0 saturated heterocycles. The van der Waals surface area contributed by atoms with Gasteiger partial charge >= 0.3 is 5.97 Å². The molecule has 0 spiro atoms. The van der Waals surface area contributed by atoms with Gasteiger partial charge in [0.25, 0.3) is 0 Å². The van der Waals surface area contributed by atoms with Gasteiger partial charge in [-0.25, -0.2) is 14.8 Å². The molecule has 6 heteroatoms. The fourth-order valence-corrected chi connectivity index (χ4v) is 4.38. The van der Waals surface area contributed by atoms with E-state index in [9.17, 15) is 9.90 Å². The lowest BCUT2D eigenvalue weighted by molar-refractivity contribution is 0.0695. The number of hydrogen-bond acceptors (Lipinski definition) is 5. The van der Waals surface area contributed by atoms with Crippen LogP contribution < -0.4 is 5.32 Å². The van der Waals surface area contributed by atoms with Crippen LogP contribution in [0.4, 0.5) is 0 Å². The molecule has 0 radical (unpaired) electrons. The molecule has 2 aromatic carbocycles. The zero-order valence-electron chi connectivity index (χ0n) is 18.0. The second-order valence-corrected chi connectivity index (χ2v) is 8.85. The topological polar surface area (TPSA) is 75.1 Å². The number of rotatable bonds is 8. The maximum absolute atomic E-state index is 11.6. The summed E-state index contributed by atoms with van der Waals surface area (Å²) in [4.78, 5) is 22.1.